The predicted molar refractivity (Wildman–Crippen MR) is 136 cm³/mol. The molecule has 0 fully saturated rings. The highest BCUT2D eigenvalue weighted by molar-refractivity contribution is 6.08. The first kappa shape index (κ1) is 21.4. The van der Waals surface area contributed by atoms with Gasteiger partial charge in [0.15, 0.2) is 0 Å². The van der Waals surface area contributed by atoms with Gasteiger partial charge in [0.2, 0.25) is 0 Å². The number of amides is 1. The van der Waals surface area contributed by atoms with Crippen LogP contribution in [-0.2, 0) is 0 Å². The Labute approximate surface area is 197 Å². The number of aromatic amines is 1. The van der Waals surface area contributed by atoms with E-state index in [0.717, 1.165) is 44.2 Å². The van der Waals surface area contributed by atoms with Crippen LogP contribution in [0.4, 0.5) is 0 Å². The van der Waals surface area contributed by atoms with Crippen molar-refractivity contribution in [2.75, 3.05) is 6.61 Å². The zero-order valence-electron chi connectivity index (χ0n) is 19.0. The highest BCUT2D eigenvalue weighted by atomic mass is 16.5. The van der Waals surface area contributed by atoms with E-state index < -0.39 is 0 Å². The molecule has 6 heteroatoms. The van der Waals surface area contributed by atoms with Gasteiger partial charge in [-0.3, -0.25) is 4.79 Å². The molecule has 5 rings (SSSR count). The zero-order valence-corrected chi connectivity index (χ0v) is 19.0. The number of fused-ring (bicyclic) bond motifs is 2. The SMILES string of the molecule is CCOc1ccc(-c2cc(C(=O)N/N=C\c3c[nH]c4ccccc34)c3cc(C)ccc3n2)cc1. The van der Waals surface area contributed by atoms with E-state index in [1.807, 2.05) is 92.8 Å². The van der Waals surface area contributed by atoms with Gasteiger partial charge in [-0.1, -0.05) is 29.8 Å². The summed E-state index contributed by atoms with van der Waals surface area (Å²) < 4.78 is 5.54. The number of hydrogen-bond donors (Lipinski definition) is 2. The summed E-state index contributed by atoms with van der Waals surface area (Å²) in [6.07, 6.45) is 3.52. The number of H-pyrrole nitrogens is 1. The van der Waals surface area contributed by atoms with Gasteiger partial charge in [0, 0.05) is 33.6 Å². The summed E-state index contributed by atoms with van der Waals surface area (Å²) in [7, 11) is 0. The highest BCUT2D eigenvalue weighted by Crippen LogP contribution is 2.27. The number of nitrogens with one attached hydrogen (secondary N) is 2. The number of hydrogen-bond acceptors (Lipinski definition) is 4. The maximum absolute atomic E-state index is 13.2. The number of carbonyl (C=O) groups is 1. The third-order valence-electron chi connectivity index (χ3n) is 5.66. The van der Waals surface area contributed by atoms with Gasteiger partial charge in [0.1, 0.15) is 5.75 Å². The Balaban J connectivity index is 1.48. The van der Waals surface area contributed by atoms with Crippen LogP contribution in [0.15, 0.2) is 84.1 Å². The molecule has 2 heterocycles. The molecule has 0 aliphatic rings. The van der Waals surface area contributed by atoms with Crippen molar-refractivity contribution in [3.63, 3.8) is 0 Å². The van der Waals surface area contributed by atoms with Gasteiger partial charge < -0.3 is 9.72 Å². The number of para-hydroxylation sites is 1. The number of carbonyl (C=O) groups excluding carboxylic acids is 1. The third kappa shape index (κ3) is 4.26. The van der Waals surface area contributed by atoms with Gasteiger partial charge in [0.05, 0.1) is 29.6 Å². The average Bonchev–Trinajstić information content (AvgIpc) is 3.27. The van der Waals surface area contributed by atoms with E-state index >= 15 is 0 Å². The molecule has 6 nitrogen and oxygen atoms in total. The van der Waals surface area contributed by atoms with Gasteiger partial charge in [-0.25, -0.2) is 10.4 Å². The molecule has 0 radical (unpaired) electrons. The van der Waals surface area contributed by atoms with Gasteiger partial charge in [-0.2, -0.15) is 5.10 Å². The topological polar surface area (TPSA) is 79.4 Å². The Morgan fingerprint density at radius 3 is 2.71 bits per heavy atom. The molecule has 0 aliphatic heterocycles. The fraction of sp³-hybridized carbons (Fsp3) is 0.107. The minimum Gasteiger partial charge on any atom is -0.494 e. The van der Waals surface area contributed by atoms with Gasteiger partial charge >= 0.3 is 0 Å². The molecular formula is C28H24N4O2. The van der Waals surface area contributed by atoms with Crippen LogP contribution >= 0.6 is 0 Å². The van der Waals surface area contributed by atoms with Crippen LogP contribution in [0.3, 0.4) is 0 Å². The van der Waals surface area contributed by atoms with E-state index in [1.54, 1.807) is 6.21 Å². The molecule has 0 atom stereocenters. The highest BCUT2D eigenvalue weighted by Gasteiger charge is 2.14. The second-order valence-electron chi connectivity index (χ2n) is 8.02. The number of aromatic nitrogens is 2. The Morgan fingerprint density at radius 2 is 1.88 bits per heavy atom. The van der Waals surface area contributed by atoms with Crippen molar-refractivity contribution in [1.82, 2.24) is 15.4 Å². The summed E-state index contributed by atoms with van der Waals surface area (Å²) in [6.45, 7) is 4.56. The lowest BCUT2D eigenvalue weighted by molar-refractivity contribution is 0.0956. The fourth-order valence-corrected chi connectivity index (χ4v) is 3.99. The molecule has 0 bridgehead atoms. The monoisotopic (exact) mass is 448 g/mol. The van der Waals surface area contributed by atoms with Crippen LogP contribution < -0.4 is 10.2 Å². The van der Waals surface area contributed by atoms with Crippen molar-refractivity contribution >= 4 is 33.9 Å². The molecule has 0 unspecified atom stereocenters. The minimum atomic E-state index is -0.290. The first-order chi connectivity index (χ1) is 16.6. The van der Waals surface area contributed by atoms with Crippen molar-refractivity contribution in [1.29, 1.82) is 0 Å². The normalized spacial score (nSPS) is 11.4. The van der Waals surface area contributed by atoms with E-state index in [0.29, 0.717) is 17.9 Å². The fourth-order valence-electron chi connectivity index (χ4n) is 3.99. The summed E-state index contributed by atoms with van der Waals surface area (Å²) >= 11 is 0. The average molecular weight is 449 g/mol. The Morgan fingerprint density at radius 1 is 1.06 bits per heavy atom. The zero-order chi connectivity index (χ0) is 23.5. The largest absolute Gasteiger partial charge is 0.494 e. The Hall–Kier alpha value is -4.45. The Bertz CT molecular complexity index is 1520. The quantitative estimate of drug-likeness (QED) is 0.252. The number of pyridine rings is 1. The lowest BCUT2D eigenvalue weighted by atomic mass is 10.0. The Kier molecular flexibility index (Phi) is 5.79. The molecule has 168 valence electrons. The van der Waals surface area contributed by atoms with Gasteiger partial charge in [-0.15, -0.1) is 0 Å². The molecule has 2 N–H and O–H groups in total. The number of aryl methyl sites for hydroxylation is 1. The molecule has 3 aromatic carbocycles. The molecule has 5 aromatic rings. The number of hydrazone groups is 1. The standard InChI is InChI=1S/C28H24N4O2/c1-3-34-21-11-9-19(10-12-21)27-15-24(23-14-18(2)8-13-26(23)31-27)28(33)32-30-17-20-16-29-25-7-5-4-6-22(20)25/h4-17,29H,3H2,1-2H3,(H,32,33)/b30-17-. The first-order valence-electron chi connectivity index (χ1n) is 11.2. The molecule has 0 spiro atoms. The van der Waals surface area contributed by atoms with E-state index in [1.165, 1.54) is 0 Å². The van der Waals surface area contributed by atoms with Crippen LogP contribution in [0.1, 0.15) is 28.4 Å². The molecule has 1 amide bonds. The van der Waals surface area contributed by atoms with Crippen molar-refractivity contribution in [2.24, 2.45) is 5.10 Å². The predicted octanol–water partition coefficient (Wildman–Crippen LogP) is 5.85. The summed E-state index contributed by atoms with van der Waals surface area (Å²) in [5, 5.41) is 6.05. The number of rotatable bonds is 6. The third-order valence-corrected chi connectivity index (χ3v) is 5.66. The van der Waals surface area contributed by atoms with Gasteiger partial charge in [-0.05, 0) is 62.4 Å². The molecular weight excluding hydrogens is 424 g/mol. The summed E-state index contributed by atoms with van der Waals surface area (Å²) in [5.74, 6) is 0.508. The van der Waals surface area contributed by atoms with E-state index in [4.69, 9.17) is 9.72 Å². The summed E-state index contributed by atoms with van der Waals surface area (Å²) in [5.41, 5.74) is 8.56. The van der Waals surface area contributed by atoms with Crippen LogP contribution in [0.25, 0.3) is 33.1 Å². The van der Waals surface area contributed by atoms with E-state index in [9.17, 15) is 4.79 Å². The minimum absolute atomic E-state index is 0.290. The smallest absolute Gasteiger partial charge is 0.272 e. The second kappa shape index (κ2) is 9.19. The summed E-state index contributed by atoms with van der Waals surface area (Å²) in [4.78, 5) is 21.2. The molecule has 0 saturated heterocycles. The van der Waals surface area contributed by atoms with Crippen LogP contribution in [0, 0.1) is 6.92 Å². The van der Waals surface area contributed by atoms with Crippen LogP contribution in [0.2, 0.25) is 0 Å². The second-order valence-corrected chi connectivity index (χ2v) is 8.02. The molecule has 2 aromatic heterocycles. The van der Waals surface area contributed by atoms with Gasteiger partial charge in [0.25, 0.3) is 5.91 Å². The molecule has 0 saturated carbocycles. The van der Waals surface area contributed by atoms with Crippen molar-refractivity contribution in [3.05, 3.63) is 95.7 Å². The lowest BCUT2D eigenvalue weighted by Gasteiger charge is -2.10. The maximum atomic E-state index is 13.2. The number of benzene rings is 3. The van der Waals surface area contributed by atoms with Crippen LogP contribution in [-0.4, -0.2) is 28.7 Å². The molecule has 34 heavy (non-hydrogen) atoms. The maximum Gasteiger partial charge on any atom is 0.272 e. The van der Waals surface area contributed by atoms with Crippen molar-refractivity contribution in [2.45, 2.75) is 13.8 Å². The van der Waals surface area contributed by atoms with E-state index in [-0.39, 0.29) is 5.91 Å². The molecule has 0 aliphatic carbocycles. The lowest BCUT2D eigenvalue weighted by Crippen LogP contribution is -2.18. The van der Waals surface area contributed by atoms with E-state index in [2.05, 4.69) is 15.5 Å². The number of ether oxygens (including phenoxy) is 1. The van der Waals surface area contributed by atoms with Crippen LogP contribution in [0.5, 0.6) is 5.75 Å². The van der Waals surface area contributed by atoms with Crippen molar-refractivity contribution in [3.8, 4) is 17.0 Å². The number of nitrogens with zero attached hydrogens (tertiary/aromatic N) is 2. The van der Waals surface area contributed by atoms with Crippen molar-refractivity contribution < 1.29 is 9.53 Å². The summed E-state index contributed by atoms with van der Waals surface area (Å²) in [6, 6.07) is 23.4. The first-order valence-corrected chi connectivity index (χ1v) is 11.2.